The Morgan fingerprint density at radius 1 is 1.57 bits per heavy atom. The molecule has 1 aromatic rings. The van der Waals surface area contributed by atoms with Crippen LogP contribution in [0.5, 0.6) is 0 Å². The maximum atomic E-state index is 12.4. The van der Waals surface area contributed by atoms with E-state index in [0.717, 1.165) is 4.90 Å². The van der Waals surface area contributed by atoms with Crippen molar-refractivity contribution in [2.75, 3.05) is 6.54 Å². The zero-order valence-corrected chi connectivity index (χ0v) is 12.3. The van der Waals surface area contributed by atoms with Gasteiger partial charge in [0.15, 0.2) is 0 Å². The number of rotatable bonds is 3. The molecule has 112 valence electrons. The first-order chi connectivity index (χ1) is 9.82. The zero-order valence-electron chi connectivity index (χ0n) is 11.6. The second-order valence-electron chi connectivity index (χ2n) is 5.27. The lowest BCUT2D eigenvalue weighted by Crippen LogP contribution is -2.33. The minimum Gasteiger partial charge on any atom is -0.278 e. The highest BCUT2D eigenvalue weighted by atomic mass is 35.5. The molecule has 1 saturated heterocycles. The van der Waals surface area contributed by atoms with E-state index < -0.39 is 16.5 Å². The maximum Gasteiger partial charge on any atom is 0.319 e. The van der Waals surface area contributed by atoms with Gasteiger partial charge in [-0.25, -0.2) is 4.98 Å². The first-order valence-electron chi connectivity index (χ1n) is 6.46. The minimum absolute atomic E-state index is 0.0674. The van der Waals surface area contributed by atoms with Gasteiger partial charge in [0, 0.05) is 19.2 Å². The fourth-order valence-corrected chi connectivity index (χ4v) is 2.53. The summed E-state index contributed by atoms with van der Waals surface area (Å²) in [6, 6.07) is 1.21. The summed E-state index contributed by atoms with van der Waals surface area (Å²) in [7, 11) is 0. The Labute approximate surface area is 126 Å². The number of nitrogens with zero attached hydrogens (tertiary/aromatic N) is 3. The van der Waals surface area contributed by atoms with Crippen molar-refractivity contribution in [3.05, 3.63) is 33.1 Å². The zero-order chi connectivity index (χ0) is 15.7. The molecule has 0 bridgehead atoms. The third-order valence-electron chi connectivity index (χ3n) is 3.64. The molecule has 21 heavy (non-hydrogen) atoms. The standard InChI is InChI=1S/C13H14ClN3O4/c1-7(2)8-5-10(18)16(6-8)13(19)9-3-4-15-12(14)11(9)17(20)21/h3-4,7-8H,5-6H2,1-2H3. The van der Waals surface area contributed by atoms with Crippen LogP contribution in [-0.4, -0.2) is 33.2 Å². The van der Waals surface area contributed by atoms with Gasteiger partial charge in [-0.1, -0.05) is 25.4 Å². The molecule has 0 N–H and O–H groups in total. The van der Waals surface area contributed by atoms with E-state index in [0.29, 0.717) is 0 Å². The topological polar surface area (TPSA) is 93.4 Å². The van der Waals surface area contributed by atoms with Gasteiger partial charge in [0.1, 0.15) is 5.56 Å². The van der Waals surface area contributed by atoms with Crippen LogP contribution in [0.2, 0.25) is 5.15 Å². The summed E-state index contributed by atoms with van der Waals surface area (Å²) in [6.45, 7) is 4.21. The van der Waals surface area contributed by atoms with Crippen LogP contribution < -0.4 is 0 Å². The summed E-state index contributed by atoms with van der Waals surface area (Å²) in [6.07, 6.45) is 1.49. The summed E-state index contributed by atoms with van der Waals surface area (Å²) in [5, 5.41) is 10.7. The van der Waals surface area contributed by atoms with Crippen LogP contribution in [-0.2, 0) is 4.79 Å². The van der Waals surface area contributed by atoms with E-state index in [9.17, 15) is 19.7 Å². The Kier molecular flexibility index (Phi) is 4.22. The van der Waals surface area contributed by atoms with Gasteiger partial charge < -0.3 is 0 Å². The molecule has 0 saturated carbocycles. The molecule has 1 aromatic heterocycles. The SMILES string of the molecule is CC(C)C1CC(=O)N(C(=O)c2ccnc(Cl)c2[N+](=O)[O-])C1. The molecular formula is C13H14ClN3O4. The highest BCUT2D eigenvalue weighted by Gasteiger charge is 2.38. The number of aromatic nitrogens is 1. The Morgan fingerprint density at radius 3 is 2.76 bits per heavy atom. The van der Waals surface area contributed by atoms with Crippen LogP contribution in [0.4, 0.5) is 5.69 Å². The number of pyridine rings is 1. The summed E-state index contributed by atoms with van der Waals surface area (Å²) >= 11 is 5.68. The molecule has 8 heteroatoms. The molecule has 0 aliphatic carbocycles. The number of hydrogen-bond donors (Lipinski definition) is 0. The molecule has 0 radical (unpaired) electrons. The predicted octanol–water partition coefficient (Wildman–Crippen LogP) is 2.29. The van der Waals surface area contributed by atoms with E-state index in [2.05, 4.69) is 4.98 Å². The highest BCUT2D eigenvalue weighted by Crippen LogP contribution is 2.30. The average molecular weight is 312 g/mol. The van der Waals surface area contributed by atoms with Crippen molar-refractivity contribution in [1.29, 1.82) is 0 Å². The van der Waals surface area contributed by atoms with Gasteiger partial charge in [0.05, 0.1) is 4.92 Å². The summed E-state index contributed by atoms with van der Waals surface area (Å²) in [5.74, 6) is -0.694. The normalized spacial score (nSPS) is 18.4. The lowest BCUT2D eigenvalue weighted by Gasteiger charge is -2.16. The van der Waals surface area contributed by atoms with Crippen molar-refractivity contribution < 1.29 is 14.5 Å². The van der Waals surface area contributed by atoms with E-state index in [-0.39, 0.29) is 41.4 Å². The van der Waals surface area contributed by atoms with Crippen molar-refractivity contribution in [2.45, 2.75) is 20.3 Å². The Balaban J connectivity index is 2.36. The summed E-state index contributed by atoms with van der Waals surface area (Å²) in [4.78, 5) is 39.3. The number of imide groups is 1. The Hall–Kier alpha value is -2.02. The van der Waals surface area contributed by atoms with E-state index >= 15 is 0 Å². The van der Waals surface area contributed by atoms with Gasteiger partial charge in [-0.15, -0.1) is 0 Å². The quantitative estimate of drug-likeness (QED) is 0.369. The number of carbonyl (C=O) groups is 2. The number of hydrogen-bond acceptors (Lipinski definition) is 5. The first kappa shape index (κ1) is 15.4. The van der Waals surface area contributed by atoms with Crippen LogP contribution in [0.15, 0.2) is 12.3 Å². The second-order valence-corrected chi connectivity index (χ2v) is 5.63. The largest absolute Gasteiger partial charge is 0.319 e. The maximum absolute atomic E-state index is 12.4. The molecule has 1 aliphatic rings. The average Bonchev–Trinajstić information content (AvgIpc) is 2.79. The third kappa shape index (κ3) is 2.87. The Morgan fingerprint density at radius 2 is 2.24 bits per heavy atom. The lowest BCUT2D eigenvalue weighted by atomic mass is 9.95. The molecule has 2 amide bonds. The minimum atomic E-state index is -0.761. The van der Waals surface area contributed by atoms with Gasteiger partial charge in [0.25, 0.3) is 5.91 Å². The lowest BCUT2D eigenvalue weighted by molar-refractivity contribution is -0.385. The summed E-state index contributed by atoms with van der Waals surface area (Å²) < 4.78 is 0. The van der Waals surface area contributed by atoms with Crippen LogP contribution in [0, 0.1) is 22.0 Å². The second kappa shape index (κ2) is 5.77. The van der Waals surface area contributed by atoms with E-state index in [1.165, 1.54) is 12.3 Å². The fourth-order valence-electron chi connectivity index (χ4n) is 2.30. The van der Waals surface area contributed by atoms with Crippen molar-refractivity contribution in [3.8, 4) is 0 Å². The molecule has 1 fully saturated rings. The number of halogens is 1. The van der Waals surface area contributed by atoms with E-state index in [1.54, 1.807) is 0 Å². The molecule has 7 nitrogen and oxygen atoms in total. The number of amides is 2. The first-order valence-corrected chi connectivity index (χ1v) is 6.84. The molecular weight excluding hydrogens is 298 g/mol. The smallest absolute Gasteiger partial charge is 0.278 e. The van der Waals surface area contributed by atoms with Gasteiger partial charge in [-0.2, -0.15) is 0 Å². The van der Waals surface area contributed by atoms with Gasteiger partial charge in [-0.05, 0) is 17.9 Å². The molecule has 1 aliphatic heterocycles. The van der Waals surface area contributed by atoms with E-state index in [4.69, 9.17) is 11.6 Å². The van der Waals surface area contributed by atoms with Crippen molar-refractivity contribution in [1.82, 2.24) is 9.88 Å². The molecule has 0 aromatic carbocycles. The van der Waals surface area contributed by atoms with E-state index in [1.807, 2.05) is 13.8 Å². The van der Waals surface area contributed by atoms with Gasteiger partial charge in [-0.3, -0.25) is 24.6 Å². The van der Waals surface area contributed by atoms with Crippen molar-refractivity contribution >= 4 is 29.1 Å². The van der Waals surface area contributed by atoms with Crippen LogP contribution >= 0.6 is 11.6 Å². The van der Waals surface area contributed by atoms with Crippen LogP contribution in [0.25, 0.3) is 0 Å². The van der Waals surface area contributed by atoms with Crippen molar-refractivity contribution in [3.63, 3.8) is 0 Å². The third-order valence-corrected chi connectivity index (χ3v) is 3.91. The van der Waals surface area contributed by atoms with Gasteiger partial charge >= 0.3 is 5.69 Å². The molecule has 1 atom stereocenters. The Bertz CT molecular complexity index is 617. The molecule has 0 spiro atoms. The fraction of sp³-hybridized carbons (Fsp3) is 0.462. The predicted molar refractivity (Wildman–Crippen MR) is 74.9 cm³/mol. The highest BCUT2D eigenvalue weighted by molar-refractivity contribution is 6.32. The molecule has 2 heterocycles. The number of nitro groups is 1. The number of carbonyl (C=O) groups excluding carboxylic acids is 2. The molecule has 2 rings (SSSR count). The van der Waals surface area contributed by atoms with Crippen LogP contribution in [0.3, 0.4) is 0 Å². The van der Waals surface area contributed by atoms with Gasteiger partial charge in [0.2, 0.25) is 11.1 Å². The summed E-state index contributed by atoms with van der Waals surface area (Å²) in [5.41, 5.74) is -0.775. The number of likely N-dealkylation sites (tertiary alicyclic amines) is 1. The molecule has 1 unspecified atom stereocenters. The van der Waals surface area contributed by atoms with Crippen LogP contribution in [0.1, 0.15) is 30.6 Å². The monoisotopic (exact) mass is 311 g/mol. The van der Waals surface area contributed by atoms with Crippen molar-refractivity contribution in [2.24, 2.45) is 11.8 Å².